The van der Waals surface area contributed by atoms with Crippen LogP contribution in [0.4, 0.5) is 21.9 Å². The summed E-state index contributed by atoms with van der Waals surface area (Å²) in [7, 11) is 6.59. The number of hydrogen-bond acceptors (Lipinski definition) is 5. The summed E-state index contributed by atoms with van der Waals surface area (Å²) < 4.78 is 13.8. The van der Waals surface area contributed by atoms with Gasteiger partial charge in [-0.3, -0.25) is 9.13 Å². The molecular weight excluding hydrogens is 398 g/mol. The fraction of sp³-hybridized carbons (Fsp3) is 0.364. The zero-order chi connectivity index (χ0) is 22.1. The lowest BCUT2D eigenvalue weighted by Gasteiger charge is -2.22. The van der Waals surface area contributed by atoms with E-state index < -0.39 is 6.03 Å². The molecular formula is C22H27N5O4. The van der Waals surface area contributed by atoms with Crippen LogP contribution in [0.3, 0.4) is 0 Å². The number of ether oxygens (including phenoxy) is 2. The molecule has 9 nitrogen and oxygen atoms in total. The van der Waals surface area contributed by atoms with Crippen molar-refractivity contribution in [3.63, 3.8) is 0 Å². The molecule has 2 aromatic carbocycles. The Hall–Kier alpha value is -3.62. The van der Waals surface area contributed by atoms with E-state index >= 15 is 0 Å². The van der Waals surface area contributed by atoms with E-state index in [-0.39, 0.29) is 5.69 Å². The van der Waals surface area contributed by atoms with Crippen LogP contribution in [0.2, 0.25) is 0 Å². The van der Waals surface area contributed by atoms with Crippen LogP contribution in [0.25, 0.3) is 11.0 Å². The number of methoxy groups -OCH3 is 2. The number of fused-ring (bicyclic) bond motifs is 1. The molecule has 2 N–H and O–H groups in total. The predicted octanol–water partition coefficient (Wildman–Crippen LogP) is 3.14. The smallest absolute Gasteiger partial charge is 0.328 e. The maximum absolute atomic E-state index is 12.9. The molecule has 2 amide bonds. The molecule has 1 saturated heterocycles. The van der Waals surface area contributed by atoms with Crippen molar-refractivity contribution in [2.75, 3.05) is 42.8 Å². The number of carbonyl (C=O) groups is 1. The van der Waals surface area contributed by atoms with Gasteiger partial charge >= 0.3 is 11.7 Å². The Morgan fingerprint density at radius 2 is 1.55 bits per heavy atom. The molecule has 4 rings (SSSR count). The van der Waals surface area contributed by atoms with E-state index in [0.717, 1.165) is 42.7 Å². The minimum atomic E-state index is -0.399. The number of nitrogens with one attached hydrogen (secondary N) is 2. The first-order valence-corrected chi connectivity index (χ1v) is 10.2. The lowest BCUT2D eigenvalue weighted by Crippen LogP contribution is -2.24. The second-order valence-electron chi connectivity index (χ2n) is 7.60. The van der Waals surface area contributed by atoms with Gasteiger partial charge in [-0.25, -0.2) is 9.59 Å². The van der Waals surface area contributed by atoms with Gasteiger partial charge < -0.3 is 25.0 Å². The lowest BCUT2D eigenvalue weighted by atomic mass is 10.2. The van der Waals surface area contributed by atoms with Crippen molar-refractivity contribution >= 4 is 34.1 Å². The van der Waals surface area contributed by atoms with Crippen LogP contribution in [0.1, 0.15) is 12.8 Å². The molecule has 31 heavy (non-hydrogen) atoms. The van der Waals surface area contributed by atoms with Gasteiger partial charge in [0.25, 0.3) is 0 Å². The zero-order valence-electron chi connectivity index (χ0n) is 18.2. The lowest BCUT2D eigenvalue weighted by molar-refractivity contribution is 0.262. The molecule has 0 saturated carbocycles. The van der Waals surface area contributed by atoms with E-state index in [1.807, 2.05) is 12.1 Å². The Kier molecular flexibility index (Phi) is 5.50. The van der Waals surface area contributed by atoms with Gasteiger partial charge in [-0.05, 0) is 37.1 Å². The molecule has 1 aliphatic rings. The summed E-state index contributed by atoms with van der Waals surface area (Å²) in [6.45, 7) is 1.82. The Bertz CT molecular complexity index is 1190. The third-order valence-corrected chi connectivity index (χ3v) is 5.74. The van der Waals surface area contributed by atoms with Crippen LogP contribution in [0.5, 0.6) is 11.5 Å². The van der Waals surface area contributed by atoms with Crippen molar-refractivity contribution in [2.24, 2.45) is 14.1 Å². The molecule has 0 atom stereocenters. The number of urea groups is 1. The summed E-state index contributed by atoms with van der Waals surface area (Å²) in [5.41, 5.74) is 3.57. The average Bonchev–Trinajstić information content (AvgIpc) is 3.38. The normalized spacial score (nSPS) is 13.5. The monoisotopic (exact) mass is 425 g/mol. The van der Waals surface area contributed by atoms with Crippen LogP contribution >= 0.6 is 0 Å². The molecule has 1 aromatic heterocycles. The number of rotatable bonds is 5. The largest absolute Gasteiger partial charge is 0.497 e. The van der Waals surface area contributed by atoms with Gasteiger partial charge in [0.1, 0.15) is 11.5 Å². The summed E-state index contributed by atoms with van der Waals surface area (Å²) in [4.78, 5) is 27.5. The number of imidazole rings is 1. The van der Waals surface area contributed by atoms with E-state index in [1.165, 1.54) is 7.11 Å². The Morgan fingerprint density at radius 3 is 2.19 bits per heavy atom. The maximum atomic E-state index is 12.9. The highest BCUT2D eigenvalue weighted by molar-refractivity contribution is 6.04. The van der Waals surface area contributed by atoms with Gasteiger partial charge in [-0.2, -0.15) is 0 Å². The number of anilines is 3. The first-order valence-electron chi connectivity index (χ1n) is 10.2. The number of aryl methyl sites for hydroxylation is 2. The summed E-state index contributed by atoms with van der Waals surface area (Å²) in [5, 5.41) is 5.80. The second kappa shape index (κ2) is 8.25. The molecule has 164 valence electrons. The number of nitrogens with zero attached hydrogens (tertiary/aromatic N) is 3. The summed E-state index contributed by atoms with van der Waals surface area (Å²) >= 11 is 0. The molecule has 2 heterocycles. The van der Waals surface area contributed by atoms with Crippen molar-refractivity contribution in [3.05, 3.63) is 40.8 Å². The number of benzene rings is 2. The van der Waals surface area contributed by atoms with Crippen molar-refractivity contribution in [1.29, 1.82) is 0 Å². The molecule has 0 radical (unpaired) electrons. The molecule has 0 spiro atoms. The standard InChI is InChI=1S/C22H27N5O4/c1-25-18-12-16(17(27-9-5-6-10-27)13-19(18)26(2)22(25)29)24-21(28)23-15-8-7-14(30-3)11-20(15)31-4/h7-8,11-13H,5-6,9-10H2,1-4H3,(H2,23,24,28). The van der Waals surface area contributed by atoms with Gasteiger partial charge in [-0.15, -0.1) is 0 Å². The Labute approximate surface area is 180 Å². The van der Waals surface area contributed by atoms with E-state index in [2.05, 4.69) is 15.5 Å². The number of aromatic nitrogens is 2. The number of hydrogen-bond donors (Lipinski definition) is 2. The summed E-state index contributed by atoms with van der Waals surface area (Å²) in [5.74, 6) is 1.13. The van der Waals surface area contributed by atoms with Crippen molar-refractivity contribution in [2.45, 2.75) is 12.8 Å². The van der Waals surface area contributed by atoms with Gasteiger partial charge in [0.2, 0.25) is 0 Å². The van der Waals surface area contributed by atoms with Crippen LogP contribution in [-0.2, 0) is 14.1 Å². The van der Waals surface area contributed by atoms with E-state index in [9.17, 15) is 9.59 Å². The zero-order valence-corrected chi connectivity index (χ0v) is 18.2. The van der Waals surface area contributed by atoms with Gasteiger partial charge in [-0.1, -0.05) is 0 Å². The minimum Gasteiger partial charge on any atom is -0.497 e. The molecule has 0 aliphatic carbocycles. The average molecular weight is 425 g/mol. The molecule has 9 heteroatoms. The molecule has 1 fully saturated rings. The number of amides is 2. The SMILES string of the molecule is COc1ccc(NC(=O)Nc2cc3c(cc2N2CCCC2)n(C)c(=O)n3C)c(OC)c1. The third-order valence-electron chi connectivity index (χ3n) is 5.74. The first kappa shape index (κ1) is 20.6. The molecule has 0 bridgehead atoms. The van der Waals surface area contributed by atoms with Crippen molar-refractivity contribution < 1.29 is 14.3 Å². The Morgan fingerprint density at radius 1 is 0.903 bits per heavy atom. The van der Waals surface area contributed by atoms with Crippen LogP contribution in [0.15, 0.2) is 35.1 Å². The van der Waals surface area contributed by atoms with E-state index in [0.29, 0.717) is 22.9 Å². The van der Waals surface area contributed by atoms with E-state index in [4.69, 9.17) is 9.47 Å². The van der Waals surface area contributed by atoms with Gasteiger partial charge in [0.15, 0.2) is 0 Å². The highest BCUT2D eigenvalue weighted by Gasteiger charge is 2.21. The highest BCUT2D eigenvalue weighted by Crippen LogP contribution is 2.34. The van der Waals surface area contributed by atoms with Crippen LogP contribution < -0.4 is 30.7 Å². The third kappa shape index (κ3) is 3.78. The maximum Gasteiger partial charge on any atom is 0.328 e. The summed E-state index contributed by atoms with van der Waals surface area (Å²) in [6.07, 6.45) is 2.20. The molecule has 0 unspecified atom stereocenters. The first-order chi connectivity index (χ1) is 14.9. The topological polar surface area (TPSA) is 89.8 Å². The fourth-order valence-electron chi connectivity index (χ4n) is 4.03. The highest BCUT2D eigenvalue weighted by atomic mass is 16.5. The van der Waals surface area contributed by atoms with Gasteiger partial charge in [0, 0.05) is 33.3 Å². The van der Waals surface area contributed by atoms with Crippen LogP contribution in [-0.4, -0.2) is 42.5 Å². The predicted molar refractivity (Wildman–Crippen MR) is 122 cm³/mol. The second-order valence-corrected chi connectivity index (χ2v) is 7.60. The van der Waals surface area contributed by atoms with Crippen molar-refractivity contribution in [1.82, 2.24) is 9.13 Å². The fourth-order valence-corrected chi connectivity index (χ4v) is 4.03. The quantitative estimate of drug-likeness (QED) is 0.656. The summed E-state index contributed by atoms with van der Waals surface area (Å²) in [6, 6.07) is 8.62. The van der Waals surface area contributed by atoms with Crippen LogP contribution in [0, 0.1) is 0 Å². The molecule has 3 aromatic rings. The van der Waals surface area contributed by atoms with E-state index in [1.54, 1.807) is 48.5 Å². The molecule has 1 aliphatic heterocycles. The van der Waals surface area contributed by atoms with Crippen molar-refractivity contribution in [3.8, 4) is 11.5 Å². The Balaban J connectivity index is 1.68. The minimum absolute atomic E-state index is 0.105. The van der Waals surface area contributed by atoms with Gasteiger partial charge in [0.05, 0.1) is 42.3 Å². The number of carbonyl (C=O) groups excluding carboxylic acids is 1.